The van der Waals surface area contributed by atoms with E-state index in [1.54, 1.807) is 6.20 Å². The maximum Gasteiger partial charge on any atom is 0.258 e. The number of nitrogens with zero attached hydrogens (tertiary/aromatic N) is 5. The predicted octanol–water partition coefficient (Wildman–Crippen LogP) is 4.34. The summed E-state index contributed by atoms with van der Waals surface area (Å²) in [6.45, 7) is 5.62. The van der Waals surface area contributed by atoms with Gasteiger partial charge in [-0.1, -0.05) is 18.2 Å². The van der Waals surface area contributed by atoms with Crippen molar-refractivity contribution in [2.24, 2.45) is 0 Å². The van der Waals surface area contributed by atoms with E-state index >= 15 is 0 Å². The Balaban J connectivity index is 1.47. The number of rotatable bonds is 4. The summed E-state index contributed by atoms with van der Waals surface area (Å²) in [6, 6.07) is 11.8. The summed E-state index contributed by atoms with van der Waals surface area (Å²) < 4.78 is 0. The van der Waals surface area contributed by atoms with Gasteiger partial charge in [-0.05, 0) is 32.4 Å². The molecular weight excluding hydrogens is 408 g/mol. The lowest BCUT2D eigenvalue weighted by atomic mass is 9.99. The largest absolute Gasteiger partial charge is 0.356 e. The summed E-state index contributed by atoms with van der Waals surface area (Å²) in [6.07, 6.45) is 2.64. The van der Waals surface area contributed by atoms with Gasteiger partial charge in [-0.2, -0.15) is 0 Å². The summed E-state index contributed by atoms with van der Waals surface area (Å²) in [4.78, 5) is 33.4. The molecule has 0 aliphatic carbocycles. The number of carbonyl (C=O) groups excluding carboxylic acids is 1. The molecule has 8 heteroatoms. The van der Waals surface area contributed by atoms with Gasteiger partial charge in [0.05, 0.1) is 11.1 Å². The number of hydrogen-bond donors (Lipinski definition) is 1. The van der Waals surface area contributed by atoms with E-state index in [1.165, 1.54) is 11.3 Å². The van der Waals surface area contributed by atoms with Gasteiger partial charge in [0, 0.05) is 53.4 Å². The Bertz CT molecular complexity index is 1240. The number of amides is 1. The third kappa shape index (κ3) is 3.98. The number of thiazole rings is 1. The second-order valence-electron chi connectivity index (χ2n) is 7.75. The van der Waals surface area contributed by atoms with Crippen molar-refractivity contribution in [1.29, 1.82) is 0 Å². The van der Waals surface area contributed by atoms with Crippen LogP contribution in [0.25, 0.3) is 10.9 Å². The Morgan fingerprint density at radius 2 is 2.03 bits per heavy atom. The first-order valence-corrected chi connectivity index (χ1v) is 11.1. The van der Waals surface area contributed by atoms with Crippen LogP contribution < -0.4 is 10.2 Å². The summed E-state index contributed by atoms with van der Waals surface area (Å²) in [5.41, 5.74) is 3.36. The van der Waals surface area contributed by atoms with Crippen molar-refractivity contribution in [2.75, 3.05) is 23.3 Å². The fraction of sp³-hybridized carbons (Fsp3) is 0.261. The maximum atomic E-state index is 13.1. The number of hydrogen-bond acceptors (Lipinski definition) is 7. The third-order valence-electron chi connectivity index (χ3n) is 5.52. The van der Waals surface area contributed by atoms with Crippen LogP contribution in [0.4, 0.5) is 10.9 Å². The number of aromatic nitrogens is 4. The number of fused-ring (bicyclic) bond motifs is 1. The number of carbonyl (C=O) groups is 1. The van der Waals surface area contributed by atoms with E-state index in [0.717, 1.165) is 53.4 Å². The van der Waals surface area contributed by atoms with E-state index in [-0.39, 0.29) is 11.8 Å². The average molecular weight is 431 g/mol. The normalized spacial score (nSPS) is 16.1. The molecular formula is C23H22N6OS. The number of para-hydroxylation sites is 1. The third-order valence-corrected chi connectivity index (χ3v) is 6.20. The molecule has 7 nitrogen and oxygen atoms in total. The Kier molecular flexibility index (Phi) is 5.07. The second kappa shape index (κ2) is 8.03. The fourth-order valence-corrected chi connectivity index (χ4v) is 4.64. The lowest BCUT2D eigenvalue weighted by Gasteiger charge is -2.18. The van der Waals surface area contributed by atoms with E-state index in [2.05, 4.69) is 25.2 Å². The van der Waals surface area contributed by atoms with Crippen molar-refractivity contribution in [2.45, 2.75) is 26.2 Å². The first-order chi connectivity index (χ1) is 15.1. The number of nitrogens with one attached hydrogen (secondary N) is 1. The lowest BCUT2D eigenvalue weighted by Crippen LogP contribution is -2.21. The fourth-order valence-electron chi connectivity index (χ4n) is 4.11. The topological polar surface area (TPSA) is 83.9 Å². The first kappa shape index (κ1) is 19.6. The molecule has 1 N–H and O–H groups in total. The van der Waals surface area contributed by atoms with Crippen LogP contribution in [0.2, 0.25) is 0 Å². The summed E-state index contributed by atoms with van der Waals surface area (Å²) in [5, 5.41) is 6.19. The molecule has 3 aromatic heterocycles. The molecule has 0 saturated carbocycles. The minimum atomic E-state index is -0.160. The molecule has 1 aliphatic heterocycles. The van der Waals surface area contributed by atoms with Crippen molar-refractivity contribution in [3.63, 3.8) is 0 Å². The van der Waals surface area contributed by atoms with Gasteiger partial charge in [-0.15, -0.1) is 11.3 Å². The van der Waals surface area contributed by atoms with Crippen LogP contribution in [-0.2, 0) is 0 Å². The minimum absolute atomic E-state index is 0.160. The Morgan fingerprint density at radius 3 is 2.84 bits per heavy atom. The SMILES string of the molecule is Cc1cc(N2CCC(c3cc(C(=O)Nc4nccs4)c4ccccc4n3)C2)nc(C)n1. The van der Waals surface area contributed by atoms with Crippen LogP contribution in [0.1, 0.15) is 39.9 Å². The number of benzene rings is 1. The molecule has 1 fully saturated rings. The first-order valence-electron chi connectivity index (χ1n) is 10.2. The van der Waals surface area contributed by atoms with Crippen molar-refractivity contribution in [3.8, 4) is 0 Å². The molecule has 5 rings (SSSR count). The number of pyridine rings is 1. The van der Waals surface area contributed by atoms with Crippen molar-refractivity contribution >= 4 is 39.1 Å². The van der Waals surface area contributed by atoms with Gasteiger partial charge in [-0.3, -0.25) is 15.1 Å². The van der Waals surface area contributed by atoms with Crippen molar-refractivity contribution < 1.29 is 4.79 Å². The molecule has 0 spiro atoms. The highest BCUT2D eigenvalue weighted by Crippen LogP contribution is 2.32. The van der Waals surface area contributed by atoms with Crippen LogP contribution in [0, 0.1) is 13.8 Å². The summed E-state index contributed by atoms with van der Waals surface area (Å²) >= 11 is 1.40. The second-order valence-corrected chi connectivity index (χ2v) is 8.64. The highest BCUT2D eigenvalue weighted by molar-refractivity contribution is 7.13. The highest BCUT2D eigenvalue weighted by atomic mass is 32.1. The average Bonchev–Trinajstić information content (AvgIpc) is 3.44. The van der Waals surface area contributed by atoms with Gasteiger partial charge in [0.25, 0.3) is 5.91 Å². The molecule has 1 saturated heterocycles. The standard InChI is InChI=1S/C23H22N6OS/c1-14-11-21(26-15(2)25-14)29-9-7-16(13-29)20-12-18(17-5-3-4-6-19(17)27-20)22(30)28-23-24-8-10-31-23/h3-6,8,10-12,16H,7,9,13H2,1-2H3,(H,24,28,30). The summed E-state index contributed by atoms with van der Waals surface area (Å²) in [7, 11) is 0. The lowest BCUT2D eigenvalue weighted by molar-refractivity contribution is 0.102. The molecule has 4 heterocycles. The molecule has 0 radical (unpaired) electrons. The quantitative estimate of drug-likeness (QED) is 0.518. The minimum Gasteiger partial charge on any atom is -0.356 e. The van der Waals surface area contributed by atoms with Crippen LogP contribution in [0.15, 0.2) is 48.0 Å². The maximum absolute atomic E-state index is 13.1. The number of aryl methyl sites for hydroxylation is 2. The smallest absolute Gasteiger partial charge is 0.258 e. The molecule has 1 amide bonds. The number of anilines is 2. The molecule has 1 atom stereocenters. The van der Waals surface area contributed by atoms with E-state index in [1.807, 2.05) is 55.6 Å². The van der Waals surface area contributed by atoms with E-state index in [9.17, 15) is 4.79 Å². The van der Waals surface area contributed by atoms with Gasteiger partial charge < -0.3 is 4.90 Å². The highest BCUT2D eigenvalue weighted by Gasteiger charge is 2.27. The molecule has 4 aromatic rings. The molecule has 0 bridgehead atoms. The summed E-state index contributed by atoms with van der Waals surface area (Å²) in [5.74, 6) is 1.80. The molecule has 1 unspecified atom stereocenters. The van der Waals surface area contributed by atoms with Gasteiger partial charge in [0.15, 0.2) is 5.13 Å². The van der Waals surface area contributed by atoms with Crippen LogP contribution in [-0.4, -0.2) is 38.9 Å². The predicted molar refractivity (Wildman–Crippen MR) is 123 cm³/mol. The Labute approximate surface area is 184 Å². The van der Waals surface area contributed by atoms with Crippen molar-refractivity contribution in [3.05, 3.63) is 70.8 Å². The zero-order chi connectivity index (χ0) is 21.4. The van der Waals surface area contributed by atoms with E-state index in [4.69, 9.17) is 4.98 Å². The van der Waals surface area contributed by atoms with Crippen molar-refractivity contribution in [1.82, 2.24) is 19.9 Å². The Morgan fingerprint density at radius 1 is 1.16 bits per heavy atom. The van der Waals surface area contributed by atoms with Gasteiger partial charge in [-0.25, -0.2) is 15.0 Å². The van der Waals surface area contributed by atoms with Gasteiger partial charge >= 0.3 is 0 Å². The monoisotopic (exact) mass is 430 g/mol. The molecule has 1 aromatic carbocycles. The molecule has 1 aliphatic rings. The Hall–Kier alpha value is -3.39. The zero-order valence-electron chi connectivity index (χ0n) is 17.4. The molecule has 31 heavy (non-hydrogen) atoms. The van der Waals surface area contributed by atoms with Crippen LogP contribution in [0.3, 0.4) is 0 Å². The van der Waals surface area contributed by atoms with Crippen LogP contribution >= 0.6 is 11.3 Å². The van der Waals surface area contributed by atoms with E-state index < -0.39 is 0 Å². The zero-order valence-corrected chi connectivity index (χ0v) is 18.2. The van der Waals surface area contributed by atoms with E-state index in [0.29, 0.717) is 10.7 Å². The van der Waals surface area contributed by atoms with Gasteiger partial charge in [0.1, 0.15) is 11.6 Å². The van der Waals surface area contributed by atoms with Gasteiger partial charge in [0.2, 0.25) is 0 Å². The van der Waals surface area contributed by atoms with Crippen LogP contribution in [0.5, 0.6) is 0 Å². The molecule has 156 valence electrons.